The van der Waals surface area contributed by atoms with Crippen LogP contribution in [0.2, 0.25) is 5.02 Å². The van der Waals surface area contributed by atoms with E-state index in [1.807, 2.05) is 43.3 Å². The lowest BCUT2D eigenvalue weighted by Gasteiger charge is -2.18. The Morgan fingerprint density at radius 2 is 1.62 bits per heavy atom. The second-order valence-corrected chi connectivity index (χ2v) is 6.97. The van der Waals surface area contributed by atoms with Gasteiger partial charge in [0.2, 0.25) is 0 Å². The molecule has 4 heteroatoms. The molecule has 3 nitrogen and oxygen atoms in total. The maximum atomic E-state index is 6.05. The van der Waals surface area contributed by atoms with E-state index in [9.17, 15) is 0 Å². The third-order valence-corrected chi connectivity index (χ3v) is 4.65. The van der Waals surface area contributed by atoms with Crippen LogP contribution >= 0.6 is 11.6 Å². The molecule has 2 aromatic carbocycles. The Bertz CT molecular complexity index is 952. The summed E-state index contributed by atoms with van der Waals surface area (Å²) in [6, 6.07) is 16.1. The fourth-order valence-electron chi connectivity index (χ4n) is 3.24. The standard InChI is InChI=1S/C20H17ClN2O/c1-12-17-15-6-4-5-7-16(15)18(13-8-10-14(21)11-9-13)22-20(2,3)19(17)23-24-12/h4-11H,1-3H3. The number of aryl methyl sites for hydroxylation is 1. The summed E-state index contributed by atoms with van der Waals surface area (Å²) in [5.74, 6) is 0.818. The molecule has 3 aromatic rings. The van der Waals surface area contributed by atoms with Gasteiger partial charge in [0.25, 0.3) is 0 Å². The highest BCUT2D eigenvalue weighted by Crippen LogP contribution is 2.41. The van der Waals surface area contributed by atoms with E-state index in [4.69, 9.17) is 21.1 Å². The Morgan fingerprint density at radius 1 is 0.958 bits per heavy atom. The van der Waals surface area contributed by atoms with Crippen LogP contribution in [-0.2, 0) is 5.54 Å². The molecule has 0 bridgehead atoms. The van der Waals surface area contributed by atoms with Crippen molar-refractivity contribution >= 4 is 17.3 Å². The summed E-state index contributed by atoms with van der Waals surface area (Å²) >= 11 is 6.05. The average molecular weight is 337 g/mol. The molecule has 2 heterocycles. The van der Waals surface area contributed by atoms with Gasteiger partial charge in [-0.2, -0.15) is 0 Å². The Hall–Kier alpha value is -2.39. The first-order valence-electron chi connectivity index (χ1n) is 7.90. The van der Waals surface area contributed by atoms with Crippen molar-refractivity contribution in [3.05, 3.63) is 76.1 Å². The first-order chi connectivity index (χ1) is 11.5. The van der Waals surface area contributed by atoms with Crippen molar-refractivity contribution in [1.82, 2.24) is 5.16 Å². The van der Waals surface area contributed by atoms with E-state index in [1.165, 1.54) is 0 Å². The van der Waals surface area contributed by atoms with Crippen molar-refractivity contribution in [1.29, 1.82) is 0 Å². The quantitative estimate of drug-likeness (QED) is 0.597. The van der Waals surface area contributed by atoms with Crippen LogP contribution in [0.4, 0.5) is 0 Å². The van der Waals surface area contributed by atoms with Gasteiger partial charge in [-0.1, -0.05) is 53.2 Å². The summed E-state index contributed by atoms with van der Waals surface area (Å²) < 4.78 is 5.49. The van der Waals surface area contributed by atoms with Gasteiger partial charge >= 0.3 is 0 Å². The van der Waals surface area contributed by atoms with Crippen LogP contribution in [0.1, 0.15) is 36.4 Å². The van der Waals surface area contributed by atoms with E-state index in [-0.39, 0.29) is 0 Å². The molecule has 1 aliphatic rings. The SMILES string of the molecule is Cc1onc2c1-c1ccccc1C(c1ccc(Cl)cc1)=NC2(C)C. The minimum Gasteiger partial charge on any atom is -0.361 e. The maximum absolute atomic E-state index is 6.05. The molecule has 0 amide bonds. The minimum atomic E-state index is -0.485. The van der Waals surface area contributed by atoms with Gasteiger partial charge in [-0.05, 0) is 38.5 Å². The van der Waals surface area contributed by atoms with E-state index in [0.29, 0.717) is 5.02 Å². The zero-order valence-corrected chi connectivity index (χ0v) is 14.6. The molecule has 1 aromatic heterocycles. The molecule has 0 saturated heterocycles. The van der Waals surface area contributed by atoms with E-state index >= 15 is 0 Å². The number of aliphatic imine (C=N–C) groups is 1. The molecular formula is C20H17ClN2O. The fraction of sp³-hybridized carbons (Fsp3) is 0.200. The number of hydrogen-bond acceptors (Lipinski definition) is 3. The molecule has 0 aliphatic carbocycles. The Morgan fingerprint density at radius 3 is 2.33 bits per heavy atom. The van der Waals surface area contributed by atoms with E-state index < -0.39 is 5.54 Å². The highest BCUT2D eigenvalue weighted by molar-refractivity contribution is 6.30. The summed E-state index contributed by atoms with van der Waals surface area (Å²) in [7, 11) is 0. The topological polar surface area (TPSA) is 38.4 Å². The third kappa shape index (κ3) is 2.28. The summed E-state index contributed by atoms with van der Waals surface area (Å²) in [5, 5.41) is 5.02. The van der Waals surface area contributed by atoms with Crippen LogP contribution in [0.25, 0.3) is 11.1 Å². The lowest BCUT2D eigenvalue weighted by molar-refractivity contribution is 0.373. The van der Waals surface area contributed by atoms with Gasteiger partial charge in [0.15, 0.2) is 0 Å². The van der Waals surface area contributed by atoms with Gasteiger partial charge in [-0.15, -0.1) is 0 Å². The molecule has 0 spiro atoms. The Balaban J connectivity index is 2.05. The third-order valence-electron chi connectivity index (χ3n) is 4.40. The molecule has 0 saturated carbocycles. The zero-order chi connectivity index (χ0) is 16.9. The summed E-state index contributed by atoms with van der Waals surface area (Å²) in [5.41, 5.74) is 5.61. The van der Waals surface area contributed by atoms with Crippen LogP contribution in [-0.4, -0.2) is 10.9 Å². The Kier molecular flexibility index (Phi) is 3.36. The number of halogens is 1. The number of hydrogen-bond donors (Lipinski definition) is 0. The molecule has 1 aliphatic heterocycles. The number of benzene rings is 2. The molecule has 4 rings (SSSR count). The van der Waals surface area contributed by atoms with Crippen LogP contribution in [0, 0.1) is 6.92 Å². The largest absolute Gasteiger partial charge is 0.361 e. The lowest BCUT2D eigenvalue weighted by Crippen LogP contribution is -2.17. The van der Waals surface area contributed by atoms with Crippen LogP contribution in [0.3, 0.4) is 0 Å². The van der Waals surface area contributed by atoms with Crippen molar-refractivity contribution < 1.29 is 4.52 Å². The monoisotopic (exact) mass is 336 g/mol. The second kappa shape index (κ2) is 5.32. The smallest absolute Gasteiger partial charge is 0.141 e. The van der Waals surface area contributed by atoms with Crippen LogP contribution < -0.4 is 0 Å². The molecule has 0 atom stereocenters. The minimum absolute atomic E-state index is 0.485. The molecule has 0 fully saturated rings. The van der Waals surface area contributed by atoms with Gasteiger partial charge in [0, 0.05) is 16.1 Å². The van der Waals surface area contributed by atoms with Crippen molar-refractivity contribution in [2.75, 3.05) is 0 Å². The summed E-state index contributed by atoms with van der Waals surface area (Å²) in [6.07, 6.45) is 0. The number of aromatic nitrogens is 1. The highest BCUT2D eigenvalue weighted by atomic mass is 35.5. The van der Waals surface area contributed by atoms with Gasteiger partial charge in [-0.3, -0.25) is 4.99 Å². The highest BCUT2D eigenvalue weighted by Gasteiger charge is 2.34. The van der Waals surface area contributed by atoms with Crippen molar-refractivity contribution in [2.24, 2.45) is 4.99 Å². The normalized spacial score (nSPS) is 15.2. The van der Waals surface area contributed by atoms with Gasteiger partial charge in [0.1, 0.15) is 17.0 Å². The van der Waals surface area contributed by atoms with Crippen molar-refractivity contribution in [3.8, 4) is 11.1 Å². The predicted molar refractivity (Wildman–Crippen MR) is 96.8 cm³/mol. The first kappa shape index (κ1) is 15.2. The summed E-state index contributed by atoms with van der Waals surface area (Å²) in [4.78, 5) is 5.05. The Labute approximate surface area is 146 Å². The zero-order valence-electron chi connectivity index (χ0n) is 13.8. The predicted octanol–water partition coefficient (Wildman–Crippen LogP) is 5.39. The van der Waals surface area contributed by atoms with Crippen LogP contribution in [0.15, 0.2) is 58.0 Å². The average Bonchev–Trinajstić information content (AvgIpc) is 2.92. The van der Waals surface area contributed by atoms with Gasteiger partial charge in [-0.25, -0.2) is 0 Å². The van der Waals surface area contributed by atoms with E-state index in [1.54, 1.807) is 0 Å². The summed E-state index contributed by atoms with van der Waals surface area (Å²) in [6.45, 7) is 6.08. The maximum Gasteiger partial charge on any atom is 0.141 e. The molecular weight excluding hydrogens is 320 g/mol. The van der Waals surface area contributed by atoms with Crippen LogP contribution in [0.5, 0.6) is 0 Å². The van der Waals surface area contributed by atoms with Crippen molar-refractivity contribution in [3.63, 3.8) is 0 Å². The second-order valence-electron chi connectivity index (χ2n) is 6.53. The van der Waals surface area contributed by atoms with Gasteiger partial charge < -0.3 is 4.52 Å². The van der Waals surface area contributed by atoms with E-state index in [0.717, 1.165) is 39.4 Å². The van der Waals surface area contributed by atoms with Gasteiger partial charge in [0.05, 0.1) is 11.3 Å². The number of nitrogens with zero attached hydrogens (tertiary/aromatic N) is 2. The van der Waals surface area contributed by atoms with Crippen molar-refractivity contribution in [2.45, 2.75) is 26.3 Å². The molecule has 0 unspecified atom stereocenters. The molecule has 0 N–H and O–H groups in total. The fourth-order valence-corrected chi connectivity index (χ4v) is 3.36. The molecule has 24 heavy (non-hydrogen) atoms. The number of fused-ring (bicyclic) bond motifs is 3. The number of rotatable bonds is 1. The molecule has 0 radical (unpaired) electrons. The molecule has 120 valence electrons. The van der Waals surface area contributed by atoms with E-state index in [2.05, 4.69) is 31.1 Å². The lowest BCUT2D eigenvalue weighted by atomic mass is 9.91. The first-order valence-corrected chi connectivity index (χ1v) is 8.27.